The number of rotatable bonds is 4. The highest BCUT2D eigenvalue weighted by molar-refractivity contribution is 5.94. The molecule has 1 aliphatic heterocycles. The summed E-state index contributed by atoms with van der Waals surface area (Å²) >= 11 is 0. The first-order chi connectivity index (χ1) is 12.6. The number of hydrogen-bond acceptors (Lipinski definition) is 6. The number of imidazole rings is 1. The fraction of sp³-hybridized carbons (Fsp3) is 0.333. The van der Waals surface area contributed by atoms with Crippen molar-refractivity contribution >= 4 is 11.9 Å². The molecule has 0 spiro atoms. The summed E-state index contributed by atoms with van der Waals surface area (Å²) in [7, 11) is 1.94. The molecule has 0 aliphatic carbocycles. The van der Waals surface area contributed by atoms with Gasteiger partial charge in [-0.15, -0.1) is 0 Å². The Morgan fingerprint density at radius 2 is 2.08 bits per heavy atom. The molecular weight excluding hydrogens is 332 g/mol. The maximum atomic E-state index is 12.8. The van der Waals surface area contributed by atoms with E-state index in [-0.39, 0.29) is 17.9 Å². The topological polar surface area (TPSA) is 89.1 Å². The Morgan fingerprint density at radius 1 is 1.27 bits per heavy atom. The predicted molar refractivity (Wildman–Crippen MR) is 94.7 cm³/mol. The monoisotopic (exact) mass is 352 g/mol. The maximum Gasteiger partial charge on any atom is 0.257 e. The minimum atomic E-state index is -0.0407. The van der Waals surface area contributed by atoms with Crippen molar-refractivity contribution in [3.63, 3.8) is 0 Å². The van der Waals surface area contributed by atoms with E-state index in [1.54, 1.807) is 30.9 Å². The number of anilines is 1. The Hall–Kier alpha value is -3.16. The highest BCUT2D eigenvalue weighted by Gasteiger charge is 2.38. The van der Waals surface area contributed by atoms with Crippen molar-refractivity contribution < 1.29 is 9.21 Å². The van der Waals surface area contributed by atoms with E-state index in [1.807, 2.05) is 29.6 Å². The summed E-state index contributed by atoms with van der Waals surface area (Å²) in [5.41, 5.74) is 1.51. The second kappa shape index (κ2) is 6.62. The molecule has 134 valence electrons. The molecule has 0 aromatic carbocycles. The fourth-order valence-corrected chi connectivity index (χ4v) is 3.32. The van der Waals surface area contributed by atoms with Gasteiger partial charge in [-0.2, -0.15) is 0 Å². The Bertz CT molecular complexity index is 903. The lowest BCUT2D eigenvalue weighted by atomic mass is 10.0. The molecule has 1 amide bonds. The van der Waals surface area contributed by atoms with Gasteiger partial charge in [-0.25, -0.2) is 15.0 Å². The van der Waals surface area contributed by atoms with Crippen molar-refractivity contribution in [3.8, 4) is 0 Å². The smallest absolute Gasteiger partial charge is 0.257 e. The van der Waals surface area contributed by atoms with Crippen LogP contribution in [0.2, 0.25) is 0 Å². The summed E-state index contributed by atoms with van der Waals surface area (Å²) in [5.74, 6) is 1.28. The Balaban J connectivity index is 1.58. The van der Waals surface area contributed by atoms with Crippen molar-refractivity contribution in [1.82, 2.24) is 24.4 Å². The van der Waals surface area contributed by atoms with Crippen LogP contribution < -0.4 is 5.32 Å². The average Bonchev–Trinajstić information content (AvgIpc) is 3.35. The zero-order valence-corrected chi connectivity index (χ0v) is 14.7. The van der Waals surface area contributed by atoms with Gasteiger partial charge < -0.3 is 19.2 Å². The second-order valence-corrected chi connectivity index (χ2v) is 6.55. The summed E-state index contributed by atoms with van der Waals surface area (Å²) in [5, 5.41) is 3.35. The van der Waals surface area contributed by atoms with Gasteiger partial charge in [-0.3, -0.25) is 4.79 Å². The van der Waals surface area contributed by atoms with Crippen LogP contribution >= 0.6 is 0 Å². The van der Waals surface area contributed by atoms with Crippen molar-refractivity contribution in [2.24, 2.45) is 7.05 Å². The molecule has 26 heavy (non-hydrogen) atoms. The number of nitrogens with one attached hydrogen (secondary N) is 1. The van der Waals surface area contributed by atoms with Crippen LogP contribution in [0, 0.1) is 6.92 Å². The predicted octanol–water partition coefficient (Wildman–Crippen LogP) is 1.83. The number of aromatic nitrogens is 4. The van der Waals surface area contributed by atoms with Gasteiger partial charge in [0, 0.05) is 44.6 Å². The average molecular weight is 352 g/mol. The molecule has 1 N–H and O–H groups in total. The number of likely N-dealkylation sites (tertiary alicyclic amines) is 1. The number of furan rings is 1. The van der Waals surface area contributed by atoms with E-state index in [0.717, 1.165) is 11.5 Å². The third kappa shape index (κ3) is 3.17. The molecule has 2 atom stereocenters. The third-order valence-corrected chi connectivity index (χ3v) is 4.57. The van der Waals surface area contributed by atoms with E-state index >= 15 is 0 Å². The lowest BCUT2D eigenvalue weighted by Gasteiger charge is -2.17. The highest BCUT2D eigenvalue weighted by Crippen LogP contribution is 2.29. The van der Waals surface area contributed by atoms with E-state index in [2.05, 4.69) is 20.3 Å². The highest BCUT2D eigenvalue weighted by atomic mass is 16.3. The molecule has 3 aromatic rings. The molecule has 0 radical (unpaired) electrons. The SMILES string of the molecule is Cc1cc(C(=O)N2C[C@@H](Nc3ncccn3)[C@H](c3cn(C)cn3)C2)co1. The zero-order valence-electron chi connectivity index (χ0n) is 14.7. The first-order valence-corrected chi connectivity index (χ1v) is 8.46. The molecular formula is C18H20N6O2. The fourth-order valence-electron chi connectivity index (χ4n) is 3.32. The van der Waals surface area contributed by atoms with E-state index in [1.165, 1.54) is 6.26 Å². The zero-order chi connectivity index (χ0) is 18.1. The molecule has 1 aliphatic rings. The number of carbonyl (C=O) groups excluding carboxylic acids is 1. The van der Waals surface area contributed by atoms with Crippen molar-refractivity contribution in [1.29, 1.82) is 0 Å². The van der Waals surface area contributed by atoms with Crippen molar-refractivity contribution in [3.05, 3.63) is 60.3 Å². The van der Waals surface area contributed by atoms with Crippen molar-refractivity contribution in [2.45, 2.75) is 18.9 Å². The number of hydrogen-bond donors (Lipinski definition) is 1. The quantitative estimate of drug-likeness (QED) is 0.771. The molecule has 1 fully saturated rings. The summed E-state index contributed by atoms with van der Waals surface area (Å²) in [4.78, 5) is 27.6. The molecule has 0 saturated carbocycles. The minimum Gasteiger partial charge on any atom is -0.469 e. The third-order valence-electron chi connectivity index (χ3n) is 4.57. The molecule has 8 heteroatoms. The Labute approximate surface area is 150 Å². The molecule has 3 aromatic heterocycles. The van der Waals surface area contributed by atoms with E-state index in [0.29, 0.717) is 24.6 Å². The van der Waals surface area contributed by atoms with Gasteiger partial charge >= 0.3 is 0 Å². The van der Waals surface area contributed by atoms with E-state index in [9.17, 15) is 4.79 Å². The van der Waals surface area contributed by atoms with Gasteiger partial charge in [0.15, 0.2) is 0 Å². The summed E-state index contributed by atoms with van der Waals surface area (Å²) in [6.07, 6.45) is 8.65. The normalized spacial score (nSPS) is 19.7. The largest absolute Gasteiger partial charge is 0.469 e. The van der Waals surface area contributed by atoms with Gasteiger partial charge in [0.2, 0.25) is 5.95 Å². The maximum absolute atomic E-state index is 12.8. The van der Waals surface area contributed by atoms with Crippen LogP contribution in [0.15, 0.2) is 47.7 Å². The van der Waals surface area contributed by atoms with Gasteiger partial charge in [0.25, 0.3) is 5.91 Å². The van der Waals surface area contributed by atoms with Crippen LogP contribution in [-0.2, 0) is 7.05 Å². The molecule has 0 bridgehead atoms. The summed E-state index contributed by atoms with van der Waals surface area (Å²) in [6, 6.07) is 3.51. The second-order valence-electron chi connectivity index (χ2n) is 6.55. The van der Waals surface area contributed by atoms with Crippen LogP contribution in [0.25, 0.3) is 0 Å². The molecule has 0 unspecified atom stereocenters. The number of nitrogens with zero attached hydrogens (tertiary/aromatic N) is 5. The van der Waals surface area contributed by atoms with Crippen LogP contribution in [0.1, 0.15) is 27.7 Å². The van der Waals surface area contributed by atoms with Gasteiger partial charge in [0.05, 0.1) is 23.6 Å². The van der Waals surface area contributed by atoms with Crippen LogP contribution in [0.4, 0.5) is 5.95 Å². The van der Waals surface area contributed by atoms with E-state index in [4.69, 9.17) is 4.42 Å². The standard InChI is InChI=1S/C18H20N6O2/c1-12-6-13(10-26-12)17(25)24-7-14(15-8-23(2)11-21-15)16(9-24)22-18-19-4-3-5-20-18/h3-6,8,10-11,14,16H,7,9H2,1-2H3,(H,19,20,22)/t14-,16+/m0/s1. The van der Waals surface area contributed by atoms with Crippen LogP contribution in [-0.4, -0.2) is 49.5 Å². The van der Waals surface area contributed by atoms with Crippen LogP contribution in [0.3, 0.4) is 0 Å². The van der Waals surface area contributed by atoms with Gasteiger partial charge in [-0.05, 0) is 19.1 Å². The van der Waals surface area contributed by atoms with Gasteiger partial charge in [-0.1, -0.05) is 0 Å². The Morgan fingerprint density at radius 3 is 2.73 bits per heavy atom. The van der Waals surface area contributed by atoms with Crippen molar-refractivity contribution in [2.75, 3.05) is 18.4 Å². The van der Waals surface area contributed by atoms with E-state index < -0.39 is 0 Å². The summed E-state index contributed by atoms with van der Waals surface area (Å²) < 4.78 is 7.20. The van der Waals surface area contributed by atoms with Gasteiger partial charge in [0.1, 0.15) is 12.0 Å². The molecule has 4 rings (SSSR count). The van der Waals surface area contributed by atoms with Crippen LogP contribution in [0.5, 0.6) is 0 Å². The lowest BCUT2D eigenvalue weighted by Crippen LogP contribution is -2.32. The number of carbonyl (C=O) groups is 1. The number of amides is 1. The first kappa shape index (κ1) is 16.3. The number of aryl methyl sites for hydroxylation is 2. The summed E-state index contributed by atoms with van der Waals surface area (Å²) in [6.45, 7) is 2.95. The molecule has 4 heterocycles. The molecule has 1 saturated heterocycles. The molecule has 8 nitrogen and oxygen atoms in total. The Kier molecular flexibility index (Phi) is 4.16. The first-order valence-electron chi connectivity index (χ1n) is 8.46. The minimum absolute atomic E-state index is 0.0238. The lowest BCUT2D eigenvalue weighted by molar-refractivity contribution is 0.0789.